The minimum absolute atomic E-state index is 0.138. The lowest BCUT2D eigenvalue weighted by Gasteiger charge is -2.34. The summed E-state index contributed by atoms with van der Waals surface area (Å²) in [5, 5.41) is 19.0. The Labute approximate surface area is 108 Å². The first-order valence-corrected chi connectivity index (χ1v) is 6.16. The maximum Gasteiger partial charge on any atom is 0.112 e. The van der Waals surface area contributed by atoms with Crippen LogP contribution in [0.1, 0.15) is 13.3 Å². The molecule has 0 spiro atoms. The molecule has 4 heteroatoms. The predicted octanol–water partition coefficient (Wildman–Crippen LogP) is 1.20. The average Bonchev–Trinajstić information content (AvgIpc) is 2.37. The Morgan fingerprint density at radius 3 is 2.94 bits per heavy atom. The normalized spacial score (nSPS) is 29.7. The van der Waals surface area contributed by atoms with Crippen LogP contribution in [0, 0.1) is 0 Å². The number of aliphatic hydroxyl groups excluding tert-OH is 2. The highest BCUT2D eigenvalue weighted by atomic mass is 16.6. The van der Waals surface area contributed by atoms with Crippen LogP contribution in [0.3, 0.4) is 0 Å². The Morgan fingerprint density at radius 1 is 1.50 bits per heavy atom. The van der Waals surface area contributed by atoms with Gasteiger partial charge in [-0.25, -0.2) is 0 Å². The SMILES string of the molecule is C=C/C=C\C=C(/C)CO[C@H]1C(O)CCOC1CO. The fraction of sp³-hybridized carbons (Fsp3) is 0.571. The molecule has 0 bridgehead atoms. The molecular formula is C14H22O4. The molecule has 3 atom stereocenters. The number of ether oxygens (including phenoxy) is 2. The molecule has 1 aliphatic rings. The van der Waals surface area contributed by atoms with E-state index in [2.05, 4.69) is 6.58 Å². The summed E-state index contributed by atoms with van der Waals surface area (Å²) in [5.74, 6) is 0. The topological polar surface area (TPSA) is 58.9 Å². The Kier molecular flexibility index (Phi) is 6.90. The Bertz CT molecular complexity index is 309. The zero-order chi connectivity index (χ0) is 13.4. The molecule has 1 fully saturated rings. The second-order valence-corrected chi connectivity index (χ2v) is 4.36. The van der Waals surface area contributed by atoms with E-state index in [-0.39, 0.29) is 6.61 Å². The monoisotopic (exact) mass is 254 g/mol. The molecule has 1 aliphatic heterocycles. The van der Waals surface area contributed by atoms with Crippen LogP contribution in [0.5, 0.6) is 0 Å². The lowest BCUT2D eigenvalue weighted by Crippen LogP contribution is -2.48. The van der Waals surface area contributed by atoms with Crippen molar-refractivity contribution in [2.75, 3.05) is 19.8 Å². The van der Waals surface area contributed by atoms with Crippen molar-refractivity contribution in [3.05, 3.63) is 36.5 Å². The number of hydrogen-bond acceptors (Lipinski definition) is 4. The summed E-state index contributed by atoms with van der Waals surface area (Å²) in [6.45, 7) is 6.25. The zero-order valence-electron chi connectivity index (χ0n) is 10.8. The van der Waals surface area contributed by atoms with Crippen molar-refractivity contribution in [3.8, 4) is 0 Å². The molecule has 102 valence electrons. The molecule has 2 N–H and O–H groups in total. The first-order valence-electron chi connectivity index (χ1n) is 6.16. The summed E-state index contributed by atoms with van der Waals surface area (Å²) in [6.07, 6.45) is 6.40. The highest BCUT2D eigenvalue weighted by Crippen LogP contribution is 2.18. The largest absolute Gasteiger partial charge is 0.394 e. The molecule has 1 heterocycles. The summed E-state index contributed by atoms with van der Waals surface area (Å²) in [7, 11) is 0. The quantitative estimate of drug-likeness (QED) is 0.699. The van der Waals surface area contributed by atoms with Crippen molar-refractivity contribution in [3.63, 3.8) is 0 Å². The minimum atomic E-state index is -0.576. The van der Waals surface area contributed by atoms with Crippen molar-refractivity contribution in [1.82, 2.24) is 0 Å². The summed E-state index contributed by atoms with van der Waals surface area (Å²) in [6, 6.07) is 0. The molecule has 4 nitrogen and oxygen atoms in total. The number of hydrogen-bond donors (Lipinski definition) is 2. The highest BCUT2D eigenvalue weighted by molar-refractivity contribution is 5.14. The Hall–Kier alpha value is -0.940. The lowest BCUT2D eigenvalue weighted by molar-refractivity contribution is -0.167. The lowest BCUT2D eigenvalue weighted by atomic mass is 10.0. The van der Waals surface area contributed by atoms with E-state index in [1.54, 1.807) is 6.08 Å². The van der Waals surface area contributed by atoms with Crippen LogP contribution < -0.4 is 0 Å². The summed E-state index contributed by atoms with van der Waals surface area (Å²) in [4.78, 5) is 0. The predicted molar refractivity (Wildman–Crippen MR) is 70.3 cm³/mol. The molecule has 0 aromatic carbocycles. The van der Waals surface area contributed by atoms with E-state index < -0.39 is 18.3 Å². The van der Waals surface area contributed by atoms with Crippen molar-refractivity contribution >= 4 is 0 Å². The minimum Gasteiger partial charge on any atom is -0.394 e. The van der Waals surface area contributed by atoms with Crippen LogP contribution in [-0.2, 0) is 9.47 Å². The first-order chi connectivity index (χ1) is 8.69. The van der Waals surface area contributed by atoms with Crippen LogP contribution in [-0.4, -0.2) is 48.3 Å². The molecule has 0 radical (unpaired) electrons. The number of aliphatic hydroxyl groups is 2. The van der Waals surface area contributed by atoms with Gasteiger partial charge < -0.3 is 19.7 Å². The Balaban J connectivity index is 2.46. The molecule has 1 rings (SSSR count). The molecule has 0 aromatic heterocycles. The third kappa shape index (κ3) is 4.74. The Morgan fingerprint density at radius 2 is 2.28 bits per heavy atom. The van der Waals surface area contributed by atoms with Gasteiger partial charge in [0, 0.05) is 6.61 Å². The molecule has 0 aromatic rings. The second-order valence-electron chi connectivity index (χ2n) is 4.36. The molecule has 2 unspecified atom stereocenters. The summed E-state index contributed by atoms with van der Waals surface area (Å²) in [5.41, 5.74) is 1.03. The maximum atomic E-state index is 9.83. The van der Waals surface area contributed by atoms with Gasteiger partial charge in [0.1, 0.15) is 12.2 Å². The van der Waals surface area contributed by atoms with Gasteiger partial charge in [0.2, 0.25) is 0 Å². The van der Waals surface area contributed by atoms with Crippen LogP contribution >= 0.6 is 0 Å². The van der Waals surface area contributed by atoms with Crippen molar-refractivity contribution in [2.24, 2.45) is 0 Å². The van der Waals surface area contributed by atoms with E-state index in [0.29, 0.717) is 19.6 Å². The zero-order valence-corrected chi connectivity index (χ0v) is 10.8. The molecular weight excluding hydrogens is 232 g/mol. The van der Waals surface area contributed by atoms with Gasteiger partial charge in [-0.15, -0.1) is 0 Å². The molecule has 0 saturated carbocycles. The van der Waals surface area contributed by atoms with E-state index >= 15 is 0 Å². The fourth-order valence-corrected chi connectivity index (χ4v) is 1.80. The van der Waals surface area contributed by atoms with E-state index in [4.69, 9.17) is 14.6 Å². The van der Waals surface area contributed by atoms with E-state index in [9.17, 15) is 5.11 Å². The molecule has 18 heavy (non-hydrogen) atoms. The molecule has 0 aliphatic carbocycles. The van der Waals surface area contributed by atoms with Crippen molar-refractivity contribution in [2.45, 2.75) is 31.7 Å². The van der Waals surface area contributed by atoms with Gasteiger partial charge in [-0.2, -0.15) is 0 Å². The van der Waals surface area contributed by atoms with Crippen molar-refractivity contribution < 1.29 is 19.7 Å². The fourth-order valence-electron chi connectivity index (χ4n) is 1.80. The third-order valence-corrected chi connectivity index (χ3v) is 2.80. The third-order valence-electron chi connectivity index (χ3n) is 2.80. The van der Waals surface area contributed by atoms with Gasteiger partial charge in [0.25, 0.3) is 0 Å². The molecule has 0 amide bonds. The van der Waals surface area contributed by atoms with Gasteiger partial charge in [-0.1, -0.05) is 30.9 Å². The maximum absolute atomic E-state index is 9.83. The van der Waals surface area contributed by atoms with E-state index in [1.807, 2.05) is 25.2 Å². The van der Waals surface area contributed by atoms with Gasteiger partial charge in [0.05, 0.1) is 19.3 Å². The van der Waals surface area contributed by atoms with Gasteiger partial charge in [0.15, 0.2) is 0 Å². The van der Waals surface area contributed by atoms with Crippen LogP contribution in [0.2, 0.25) is 0 Å². The van der Waals surface area contributed by atoms with Gasteiger partial charge in [-0.05, 0) is 18.9 Å². The standard InChI is InChI=1S/C14H22O4/c1-3-4-5-6-11(2)10-18-14-12(16)7-8-17-13(14)9-15/h3-6,12-16H,1,7-10H2,2H3/b5-4-,11-6+/t12?,13?,14-/m0/s1. The van der Waals surface area contributed by atoms with Gasteiger partial charge in [-0.3, -0.25) is 0 Å². The summed E-state index contributed by atoms with van der Waals surface area (Å²) < 4.78 is 11.0. The van der Waals surface area contributed by atoms with Crippen LogP contribution in [0.4, 0.5) is 0 Å². The van der Waals surface area contributed by atoms with E-state index in [0.717, 1.165) is 5.57 Å². The average molecular weight is 254 g/mol. The molecule has 1 saturated heterocycles. The van der Waals surface area contributed by atoms with Crippen LogP contribution in [0.15, 0.2) is 36.5 Å². The number of allylic oxidation sites excluding steroid dienone is 4. The van der Waals surface area contributed by atoms with E-state index in [1.165, 1.54) is 0 Å². The highest BCUT2D eigenvalue weighted by Gasteiger charge is 2.33. The summed E-state index contributed by atoms with van der Waals surface area (Å²) >= 11 is 0. The second kappa shape index (κ2) is 8.21. The van der Waals surface area contributed by atoms with Crippen LogP contribution in [0.25, 0.3) is 0 Å². The first kappa shape index (κ1) is 15.1. The van der Waals surface area contributed by atoms with Gasteiger partial charge >= 0.3 is 0 Å². The number of rotatable bonds is 6. The smallest absolute Gasteiger partial charge is 0.112 e. The van der Waals surface area contributed by atoms with Crippen molar-refractivity contribution in [1.29, 1.82) is 0 Å².